The van der Waals surface area contributed by atoms with E-state index >= 15 is 0 Å². The van der Waals surface area contributed by atoms with E-state index in [1.54, 1.807) is 0 Å². The van der Waals surface area contributed by atoms with E-state index in [0.29, 0.717) is 18.1 Å². The summed E-state index contributed by atoms with van der Waals surface area (Å²) in [5.41, 5.74) is 3.76. The van der Waals surface area contributed by atoms with Gasteiger partial charge in [0.2, 0.25) is 0 Å². The van der Waals surface area contributed by atoms with E-state index < -0.39 is 0 Å². The average molecular weight is 202 g/mol. The van der Waals surface area contributed by atoms with Gasteiger partial charge in [-0.3, -0.25) is 4.79 Å². The zero-order valence-corrected chi connectivity index (χ0v) is 9.55. The monoisotopic (exact) mass is 202 g/mol. The van der Waals surface area contributed by atoms with E-state index in [1.165, 1.54) is 23.1 Å². The molecule has 0 aromatic heterocycles. The van der Waals surface area contributed by atoms with Gasteiger partial charge in [0, 0.05) is 12.3 Å². The zero-order chi connectivity index (χ0) is 10.8. The minimum atomic E-state index is 0.367. The number of benzene rings is 1. The molecule has 0 N–H and O–H groups in total. The Balaban J connectivity index is 2.03. The van der Waals surface area contributed by atoms with Gasteiger partial charge < -0.3 is 0 Å². The molecular formula is C14H18O. The molecule has 1 heteroatoms. The summed E-state index contributed by atoms with van der Waals surface area (Å²) in [5.74, 6) is 0.802. The maximum atomic E-state index is 11.8. The Hall–Kier alpha value is -1.11. The quantitative estimate of drug-likeness (QED) is 0.735. The highest BCUT2D eigenvalue weighted by Crippen LogP contribution is 2.28. The lowest BCUT2D eigenvalue weighted by atomic mass is 9.80. The van der Waals surface area contributed by atoms with E-state index in [9.17, 15) is 4.79 Å². The molecule has 1 saturated carbocycles. The highest BCUT2D eigenvalue weighted by molar-refractivity contribution is 5.83. The number of ketones is 1. The van der Waals surface area contributed by atoms with Crippen molar-refractivity contribution in [2.45, 2.75) is 39.5 Å². The molecule has 0 spiro atoms. The Morgan fingerprint density at radius 1 is 1.27 bits per heavy atom. The molecule has 2 rings (SSSR count). The SMILES string of the molecule is Cc1ccc(CC(=O)C2CCC2)cc1C. The summed E-state index contributed by atoms with van der Waals surface area (Å²) < 4.78 is 0. The van der Waals surface area contributed by atoms with Crippen LogP contribution < -0.4 is 0 Å². The molecule has 1 aliphatic rings. The summed E-state index contributed by atoms with van der Waals surface area (Å²) in [6.45, 7) is 4.21. The fourth-order valence-corrected chi connectivity index (χ4v) is 1.99. The Kier molecular flexibility index (Phi) is 2.90. The van der Waals surface area contributed by atoms with Gasteiger partial charge in [-0.2, -0.15) is 0 Å². The lowest BCUT2D eigenvalue weighted by molar-refractivity contribution is -0.124. The van der Waals surface area contributed by atoms with Gasteiger partial charge in [0.25, 0.3) is 0 Å². The van der Waals surface area contributed by atoms with Crippen LogP contribution in [0, 0.1) is 19.8 Å². The van der Waals surface area contributed by atoms with Gasteiger partial charge in [-0.05, 0) is 43.4 Å². The Labute approximate surface area is 91.5 Å². The topological polar surface area (TPSA) is 17.1 Å². The molecule has 1 aromatic carbocycles. The van der Waals surface area contributed by atoms with Crippen molar-refractivity contribution in [1.29, 1.82) is 0 Å². The zero-order valence-electron chi connectivity index (χ0n) is 9.55. The van der Waals surface area contributed by atoms with Gasteiger partial charge in [0.05, 0.1) is 0 Å². The Morgan fingerprint density at radius 2 is 2.00 bits per heavy atom. The molecule has 1 aliphatic carbocycles. The van der Waals surface area contributed by atoms with Crippen molar-refractivity contribution in [3.05, 3.63) is 34.9 Å². The van der Waals surface area contributed by atoms with Crippen molar-refractivity contribution in [2.24, 2.45) is 5.92 Å². The largest absolute Gasteiger partial charge is 0.299 e. The van der Waals surface area contributed by atoms with Crippen LogP contribution in [0.15, 0.2) is 18.2 Å². The first-order chi connectivity index (χ1) is 7.16. The number of carbonyl (C=O) groups excluding carboxylic acids is 1. The van der Waals surface area contributed by atoms with Crippen molar-refractivity contribution in [3.8, 4) is 0 Å². The van der Waals surface area contributed by atoms with Crippen LogP contribution in [0.4, 0.5) is 0 Å². The molecule has 0 aliphatic heterocycles. The molecule has 0 saturated heterocycles. The maximum absolute atomic E-state index is 11.8. The van der Waals surface area contributed by atoms with E-state index in [1.807, 2.05) is 0 Å². The van der Waals surface area contributed by atoms with Crippen LogP contribution in [0.1, 0.15) is 36.0 Å². The second-order valence-electron chi connectivity index (χ2n) is 4.69. The van der Waals surface area contributed by atoms with E-state index in [2.05, 4.69) is 32.0 Å². The van der Waals surface area contributed by atoms with Crippen molar-refractivity contribution in [2.75, 3.05) is 0 Å². The number of carbonyl (C=O) groups is 1. The molecule has 0 radical (unpaired) electrons. The predicted molar refractivity (Wildman–Crippen MR) is 62.0 cm³/mol. The molecule has 0 bridgehead atoms. The molecule has 1 nitrogen and oxygen atoms in total. The van der Waals surface area contributed by atoms with Crippen LogP contribution >= 0.6 is 0 Å². The van der Waals surface area contributed by atoms with Gasteiger partial charge in [0.15, 0.2) is 0 Å². The number of aryl methyl sites for hydroxylation is 2. The third-order valence-electron chi connectivity index (χ3n) is 3.51. The van der Waals surface area contributed by atoms with E-state index in [0.717, 1.165) is 12.8 Å². The first-order valence-corrected chi connectivity index (χ1v) is 5.75. The molecule has 0 unspecified atom stereocenters. The minimum Gasteiger partial charge on any atom is -0.299 e. The predicted octanol–water partition coefficient (Wildman–Crippen LogP) is 3.22. The molecule has 0 amide bonds. The van der Waals surface area contributed by atoms with E-state index in [4.69, 9.17) is 0 Å². The fraction of sp³-hybridized carbons (Fsp3) is 0.500. The molecule has 0 heterocycles. The standard InChI is InChI=1S/C14H18O/c1-10-6-7-12(8-11(10)2)9-14(15)13-4-3-5-13/h6-8,13H,3-5,9H2,1-2H3. The van der Waals surface area contributed by atoms with Gasteiger partial charge >= 0.3 is 0 Å². The van der Waals surface area contributed by atoms with Crippen LogP contribution in [0.5, 0.6) is 0 Å². The average Bonchev–Trinajstić information content (AvgIpc) is 2.08. The van der Waals surface area contributed by atoms with Gasteiger partial charge in [-0.15, -0.1) is 0 Å². The lowest BCUT2D eigenvalue weighted by Crippen LogP contribution is -2.23. The fourth-order valence-electron chi connectivity index (χ4n) is 1.99. The van der Waals surface area contributed by atoms with Crippen LogP contribution in [0.3, 0.4) is 0 Å². The molecule has 1 fully saturated rings. The third kappa shape index (κ3) is 2.28. The first kappa shape index (κ1) is 10.4. The summed E-state index contributed by atoms with van der Waals surface area (Å²) >= 11 is 0. The van der Waals surface area contributed by atoms with Crippen molar-refractivity contribution in [1.82, 2.24) is 0 Å². The smallest absolute Gasteiger partial charge is 0.140 e. The van der Waals surface area contributed by atoms with Gasteiger partial charge in [-0.1, -0.05) is 24.6 Å². The number of hydrogen-bond acceptors (Lipinski definition) is 1. The molecule has 80 valence electrons. The number of hydrogen-bond donors (Lipinski definition) is 0. The van der Waals surface area contributed by atoms with Crippen molar-refractivity contribution >= 4 is 5.78 Å². The summed E-state index contributed by atoms with van der Waals surface area (Å²) in [5, 5.41) is 0. The minimum absolute atomic E-state index is 0.367. The normalized spacial score (nSPS) is 16.1. The Morgan fingerprint density at radius 3 is 2.53 bits per heavy atom. The summed E-state index contributed by atoms with van der Waals surface area (Å²) in [6.07, 6.45) is 4.10. The molecule has 15 heavy (non-hydrogen) atoms. The van der Waals surface area contributed by atoms with Crippen LogP contribution in [-0.2, 0) is 11.2 Å². The van der Waals surface area contributed by atoms with Crippen LogP contribution in [-0.4, -0.2) is 5.78 Å². The Bertz CT molecular complexity index is 375. The van der Waals surface area contributed by atoms with E-state index in [-0.39, 0.29) is 0 Å². The maximum Gasteiger partial charge on any atom is 0.140 e. The number of Topliss-reactive ketones (excluding diaryl/α,β-unsaturated/α-hetero) is 1. The van der Waals surface area contributed by atoms with Gasteiger partial charge in [0.1, 0.15) is 5.78 Å². The number of rotatable bonds is 3. The van der Waals surface area contributed by atoms with Crippen LogP contribution in [0.25, 0.3) is 0 Å². The lowest BCUT2D eigenvalue weighted by Gasteiger charge is -2.23. The second kappa shape index (κ2) is 4.18. The summed E-state index contributed by atoms with van der Waals surface area (Å²) in [6, 6.07) is 6.34. The highest BCUT2D eigenvalue weighted by Gasteiger charge is 2.24. The highest BCUT2D eigenvalue weighted by atomic mass is 16.1. The molecule has 0 atom stereocenters. The third-order valence-corrected chi connectivity index (χ3v) is 3.51. The summed E-state index contributed by atoms with van der Waals surface area (Å²) in [7, 11) is 0. The van der Waals surface area contributed by atoms with Crippen molar-refractivity contribution < 1.29 is 4.79 Å². The van der Waals surface area contributed by atoms with Crippen molar-refractivity contribution in [3.63, 3.8) is 0 Å². The second-order valence-corrected chi connectivity index (χ2v) is 4.69. The van der Waals surface area contributed by atoms with Gasteiger partial charge in [-0.25, -0.2) is 0 Å². The first-order valence-electron chi connectivity index (χ1n) is 5.75. The summed E-state index contributed by atoms with van der Waals surface area (Å²) in [4.78, 5) is 11.8. The van der Waals surface area contributed by atoms with Crippen LogP contribution in [0.2, 0.25) is 0 Å². The molecular weight excluding hydrogens is 184 g/mol. The molecule has 1 aromatic rings.